The van der Waals surface area contributed by atoms with E-state index in [0.29, 0.717) is 0 Å². The van der Waals surface area contributed by atoms with Gasteiger partial charge in [0.05, 0.1) is 45.8 Å². The Morgan fingerprint density at radius 2 is 2.02 bits per heavy atom. The normalized spacial score (nSPS) is 31.5. The number of hydrogen-bond donors (Lipinski definition) is 2. The first-order chi connectivity index (χ1) is 19.3. The van der Waals surface area contributed by atoms with Crippen LogP contribution in [-0.2, 0) is 14.3 Å². The number of piperazine rings is 1. The Labute approximate surface area is 243 Å². The van der Waals surface area contributed by atoms with Gasteiger partial charge in [0.25, 0.3) is 0 Å². The summed E-state index contributed by atoms with van der Waals surface area (Å²) in [6.07, 6.45) is 7.66. The summed E-state index contributed by atoms with van der Waals surface area (Å²) in [6, 6.07) is 5.77. The molecule has 226 valence electrons. The van der Waals surface area contributed by atoms with Crippen LogP contribution in [0.5, 0.6) is 0 Å². The Morgan fingerprint density at radius 3 is 2.68 bits per heavy atom. The molecule has 41 heavy (non-hydrogen) atoms. The topological polar surface area (TPSA) is 132 Å². The van der Waals surface area contributed by atoms with Gasteiger partial charge in [-0.3, -0.25) is 14.7 Å². The number of amides is 1. The number of carbonyl (C=O) groups is 2. The van der Waals surface area contributed by atoms with Gasteiger partial charge in [-0.15, -0.1) is 0 Å². The number of hydroxylamine groups is 3. The fourth-order valence-electron chi connectivity index (χ4n) is 4.92. The molecule has 0 aliphatic carbocycles. The highest BCUT2D eigenvalue weighted by Crippen LogP contribution is 2.27. The standard InChI is InChI=1S/C31H45N3O7/c1-22(26-11-6-7-16-32-26)9-8-10-23(2)29-24(3)12-13-27(31(4,38)15-14-25(35)21-28(36)41-29)40-30(37)33-17-19-34(5,39)20-18-33/h6-13,16,22,24-25,27,29,35,38H,14-15,17-21H2,1-5H3/b9-8+,13-12+,23-10+/t22-,24-,25-,27+,29+,31-/m0/s1. The summed E-state index contributed by atoms with van der Waals surface area (Å²) < 4.78 is 11.2. The lowest BCUT2D eigenvalue weighted by atomic mass is 9.88. The molecule has 0 aromatic carbocycles. The van der Waals surface area contributed by atoms with Crippen molar-refractivity contribution in [1.29, 1.82) is 0 Å². The van der Waals surface area contributed by atoms with Crippen molar-refractivity contribution >= 4 is 12.1 Å². The second-order valence-electron chi connectivity index (χ2n) is 11.8. The number of nitrogens with zero attached hydrogens (tertiary/aromatic N) is 3. The minimum Gasteiger partial charge on any atom is -0.633 e. The van der Waals surface area contributed by atoms with Gasteiger partial charge in [-0.25, -0.2) is 4.79 Å². The number of hydrogen-bond acceptors (Lipinski definition) is 8. The number of esters is 1. The predicted molar refractivity (Wildman–Crippen MR) is 155 cm³/mol. The van der Waals surface area contributed by atoms with Gasteiger partial charge in [0, 0.05) is 23.7 Å². The van der Waals surface area contributed by atoms with Crippen molar-refractivity contribution < 1.29 is 33.9 Å². The van der Waals surface area contributed by atoms with Gasteiger partial charge in [-0.05, 0) is 50.5 Å². The molecular formula is C31H45N3O7. The van der Waals surface area contributed by atoms with Crippen molar-refractivity contribution in [3.63, 3.8) is 0 Å². The van der Waals surface area contributed by atoms with Crippen LogP contribution in [0.1, 0.15) is 58.6 Å². The molecule has 10 nitrogen and oxygen atoms in total. The van der Waals surface area contributed by atoms with Gasteiger partial charge < -0.3 is 29.5 Å². The lowest BCUT2D eigenvalue weighted by molar-refractivity contribution is -0.864. The molecule has 3 rings (SSSR count). The number of aliphatic hydroxyl groups excluding tert-OH is 1. The number of aliphatic hydroxyl groups is 2. The van der Waals surface area contributed by atoms with E-state index >= 15 is 0 Å². The highest BCUT2D eigenvalue weighted by molar-refractivity contribution is 5.70. The van der Waals surface area contributed by atoms with E-state index in [4.69, 9.17) is 9.47 Å². The van der Waals surface area contributed by atoms with Gasteiger partial charge >= 0.3 is 12.1 Å². The molecule has 0 saturated carbocycles. The molecule has 0 bridgehead atoms. The molecule has 0 unspecified atom stereocenters. The maximum atomic E-state index is 13.0. The number of quaternary nitrogens is 1. The third-order valence-corrected chi connectivity index (χ3v) is 7.86. The second kappa shape index (κ2) is 14.2. The van der Waals surface area contributed by atoms with Crippen LogP contribution < -0.4 is 0 Å². The summed E-state index contributed by atoms with van der Waals surface area (Å²) in [4.78, 5) is 31.6. The smallest absolute Gasteiger partial charge is 0.410 e. The predicted octanol–water partition coefficient (Wildman–Crippen LogP) is 3.85. The maximum absolute atomic E-state index is 13.0. The van der Waals surface area contributed by atoms with Gasteiger partial charge in [0.15, 0.2) is 6.10 Å². The van der Waals surface area contributed by atoms with Crippen molar-refractivity contribution in [2.45, 2.75) is 76.8 Å². The summed E-state index contributed by atoms with van der Waals surface area (Å²) in [5.41, 5.74) is 0.231. The zero-order valence-electron chi connectivity index (χ0n) is 24.8. The van der Waals surface area contributed by atoms with E-state index in [1.54, 1.807) is 32.3 Å². The number of likely N-dealkylation sites (N-methyl/N-ethyl adjacent to an activating group) is 1. The molecule has 1 aromatic heterocycles. The average molecular weight is 572 g/mol. The largest absolute Gasteiger partial charge is 0.633 e. The molecule has 3 heterocycles. The van der Waals surface area contributed by atoms with Crippen molar-refractivity contribution in [2.75, 3.05) is 33.2 Å². The Balaban J connectivity index is 1.81. The molecule has 6 atom stereocenters. The molecule has 0 spiro atoms. The quantitative estimate of drug-likeness (QED) is 0.179. The lowest BCUT2D eigenvalue weighted by Crippen LogP contribution is -2.56. The molecule has 2 N–H and O–H groups in total. The average Bonchev–Trinajstić information content (AvgIpc) is 2.92. The Hall–Kier alpha value is -3.05. The maximum Gasteiger partial charge on any atom is 0.410 e. The van der Waals surface area contributed by atoms with E-state index < -0.39 is 40.6 Å². The Kier molecular flexibility index (Phi) is 11.3. The minimum absolute atomic E-state index is 0.0884. The van der Waals surface area contributed by atoms with Crippen LogP contribution in [0, 0.1) is 11.1 Å². The van der Waals surface area contributed by atoms with Crippen LogP contribution in [0.25, 0.3) is 0 Å². The highest BCUT2D eigenvalue weighted by atomic mass is 16.6. The number of ether oxygens (including phenoxy) is 2. The van der Waals surface area contributed by atoms with Gasteiger partial charge in [0.1, 0.15) is 11.7 Å². The van der Waals surface area contributed by atoms with Crippen LogP contribution >= 0.6 is 0 Å². The van der Waals surface area contributed by atoms with E-state index in [-0.39, 0.29) is 57.3 Å². The molecule has 1 amide bonds. The number of carbonyl (C=O) groups excluding carboxylic acids is 2. The van der Waals surface area contributed by atoms with E-state index in [9.17, 15) is 25.0 Å². The lowest BCUT2D eigenvalue weighted by Gasteiger charge is -2.45. The van der Waals surface area contributed by atoms with Crippen LogP contribution in [0.15, 0.2) is 60.3 Å². The zero-order chi connectivity index (χ0) is 30.2. The summed E-state index contributed by atoms with van der Waals surface area (Å²) in [6.45, 7) is 8.40. The molecule has 10 heteroatoms. The van der Waals surface area contributed by atoms with Crippen LogP contribution in [0.4, 0.5) is 4.79 Å². The molecule has 0 radical (unpaired) electrons. The number of rotatable bonds is 5. The van der Waals surface area contributed by atoms with Crippen molar-refractivity contribution in [1.82, 2.24) is 9.88 Å². The third kappa shape index (κ3) is 9.78. The van der Waals surface area contributed by atoms with Crippen molar-refractivity contribution in [2.24, 2.45) is 5.92 Å². The summed E-state index contributed by atoms with van der Waals surface area (Å²) >= 11 is 0. The van der Waals surface area contributed by atoms with Crippen molar-refractivity contribution in [3.05, 3.63) is 71.3 Å². The first-order valence-electron chi connectivity index (χ1n) is 14.3. The number of cyclic esters (lactones) is 1. The fraction of sp³-hybridized carbons (Fsp3) is 0.581. The molecule has 1 fully saturated rings. The first-order valence-corrected chi connectivity index (χ1v) is 14.3. The highest BCUT2D eigenvalue weighted by Gasteiger charge is 2.37. The first kappa shape index (κ1) is 32.5. The summed E-state index contributed by atoms with van der Waals surface area (Å²) in [5, 5.41) is 34.0. The van der Waals surface area contributed by atoms with Crippen molar-refractivity contribution in [3.8, 4) is 0 Å². The molecular weight excluding hydrogens is 526 g/mol. The van der Waals surface area contributed by atoms with E-state index in [1.807, 2.05) is 57.2 Å². The molecule has 2 aliphatic heterocycles. The SMILES string of the molecule is C/C(=C\C=C\[C@H](C)c1ccccn1)[C@H]1OC(=O)C[C@@H](O)CC[C@](C)(O)[C@H](OC(=O)N2CC[N+](C)([O-])CC2)/C=C/[C@@H]1C. The van der Waals surface area contributed by atoms with E-state index in [2.05, 4.69) is 4.98 Å². The van der Waals surface area contributed by atoms with Gasteiger partial charge in [-0.1, -0.05) is 44.2 Å². The van der Waals surface area contributed by atoms with Crippen LogP contribution in [0.2, 0.25) is 0 Å². The van der Waals surface area contributed by atoms with E-state index in [1.165, 1.54) is 4.90 Å². The van der Waals surface area contributed by atoms with Crippen LogP contribution in [0.3, 0.4) is 0 Å². The molecule has 2 aliphatic rings. The zero-order valence-corrected chi connectivity index (χ0v) is 24.8. The van der Waals surface area contributed by atoms with Gasteiger partial charge in [0.2, 0.25) is 0 Å². The van der Waals surface area contributed by atoms with Crippen LogP contribution in [-0.4, -0.2) is 93.9 Å². The fourth-order valence-corrected chi connectivity index (χ4v) is 4.92. The number of aromatic nitrogens is 1. The second-order valence-corrected chi connectivity index (χ2v) is 11.8. The molecule has 1 aromatic rings. The van der Waals surface area contributed by atoms with E-state index in [0.717, 1.165) is 11.3 Å². The summed E-state index contributed by atoms with van der Waals surface area (Å²) in [7, 11) is 1.58. The monoisotopic (exact) mass is 571 g/mol. The summed E-state index contributed by atoms with van der Waals surface area (Å²) in [5.74, 6) is -0.775. The molecule has 1 saturated heterocycles. The third-order valence-electron chi connectivity index (χ3n) is 7.86. The Morgan fingerprint density at radius 1 is 1.32 bits per heavy atom. The Bertz CT molecular complexity index is 1110. The van der Waals surface area contributed by atoms with Gasteiger partial charge in [-0.2, -0.15) is 0 Å². The number of allylic oxidation sites excluding steroid dienone is 3. The number of pyridine rings is 1. The minimum atomic E-state index is -1.50.